The third-order valence-corrected chi connectivity index (χ3v) is 6.53. The average Bonchev–Trinajstić information content (AvgIpc) is 3.62. The number of hydrogen-bond acceptors (Lipinski definition) is 2. The lowest BCUT2D eigenvalue weighted by Crippen LogP contribution is -2.46. The summed E-state index contributed by atoms with van der Waals surface area (Å²) in [6.07, 6.45) is 7.26. The topological polar surface area (TPSA) is 35.9 Å². The molecule has 1 amide bonds. The normalized spacial score (nSPS) is 19.3. The molecule has 2 aliphatic rings. The Morgan fingerprint density at radius 3 is 2.48 bits per heavy atom. The fourth-order valence-corrected chi connectivity index (χ4v) is 4.09. The number of likely N-dealkylation sites (tertiary alicyclic amines) is 1. The number of amides is 1. The zero-order chi connectivity index (χ0) is 22.4. The van der Waals surface area contributed by atoms with Gasteiger partial charge in [0, 0.05) is 42.2 Å². The van der Waals surface area contributed by atoms with Gasteiger partial charge in [0.25, 0.3) is 0 Å². The van der Waals surface area contributed by atoms with Crippen LogP contribution in [0.4, 0.5) is 10.1 Å². The molecule has 0 spiro atoms. The number of anilines is 1. The minimum Gasteiger partial charge on any atom is -0.360 e. The first-order valence-electron chi connectivity index (χ1n) is 11.3. The first-order chi connectivity index (χ1) is 14.9. The van der Waals surface area contributed by atoms with E-state index >= 15 is 0 Å². The first-order valence-corrected chi connectivity index (χ1v) is 11.7. The molecule has 1 heterocycles. The van der Waals surface area contributed by atoms with Crippen molar-refractivity contribution in [1.29, 1.82) is 0 Å². The zero-order valence-corrected chi connectivity index (χ0v) is 19.3. The summed E-state index contributed by atoms with van der Waals surface area (Å²) >= 11 is 6.05. The van der Waals surface area contributed by atoms with Gasteiger partial charge in [0.15, 0.2) is 0 Å². The van der Waals surface area contributed by atoms with E-state index in [0.717, 1.165) is 56.5 Å². The Kier molecular flexibility index (Phi) is 8.30. The fourth-order valence-electron chi connectivity index (χ4n) is 3.96. The van der Waals surface area contributed by atoms with Crippen molar-refractivity contribution >= 4 is 29.0 Å². The summed E-state index contributed by atoms with van der Waals surface area (Å²) in [5.74, 6) is 1.47. The van der Waals surface area contributed by atoms with E-state index in [9.17, 15) is 9.18 Å². The van der Waals surface area contributed by atoms with Crippen LogP contribution in [0.3, 0.4) is 0 Å². The number of carbonyl (C=O) groups is 1. The summed E-state index contributed by atoms with van der Waals surface area (Å²) in [7, 11) is 0. The molecule has 1 aromatic rings. The smallest absolute Gasteiger partial charge is 0.230 e. The van der Waals surface area contributed by atoms with E-state index in [2.05, 4.69) is 30.3 Å². The highest BCUT2D eigenvalue weighted by Gasteiger charge is 2.34. The van der Waals surface area contributed by atoms with Crippen LogP contribution < -0.4 is 4.90 Å². The summed E-state index contributed by atoms with van der Waals surface area (Å²) in [6, 6.07) is 7.56. The molecule has 0 bridgehead atoms. The number of allylic oxidation sites excluding steroid dienone is 2. The van der Waals surface area contributed by atoms with E-state index in [1.807, 2.05) is 29.2 Å². The first kappa shape index (κ1) is 23.5. The standard InChI is InChI=1S/C25H33ClFN3O/c1-4-18(3)24(28-16-22(27)5-2)29-14-12-20(13-15-29)25(31)30(17-19-6-7-19)23-10-8-21(26)9-11-23/h5,8-11,16,18-20H,2,4,6-7,12-15,17H2,1,3H3/b22-16+,28-24?. The van der Waals surface area contributed by atoms with Crippen molar-refractivity contribution in [3.05, 3.63) is 54.0 Å². The summed E-state index contributed by atoms with van der Waals surface area (Å²) in [5, 5.41) is 0.676. The molecule has 4 nitrogen and oxygen atoms in total. The molecule has 3 rings (SSSR count). The van der Waals surface area contributed by atoms with Gasteiger partial charge in [0.1, 0.15) is 11.7 Å². The molecule has 1 saturated heterocycles. The van der Waals surface area contributed by atoms with Crippen LogP contribution in [-0.2, 0) is 4.79 Å². The van der Waals surface area contributed by atoms with E-state index in [1.54, 1.807) is 0 Å². The number of hydrogen-bond donors (Lipinski definition) is 0. The van der Waals surface area contributed by atoms with Gasteiger partial charge in [-0.2, -0.15) is 0 Å². The van der Waals surface area contributed by atoms with Gasteiger partial charge in [-0.1, -0.05) is 32.0 Å². The Morgan fingerprint density at radius 1 is 1.29 bits per heavy atom. The van der Waals surface area contributed by atoms with Gasteiger partial charge >= 0.3 is 0 Å². The lowest BCUT2D eigenvalue weighted by molar-refractivity contribution is -0.123. The Bertz CT molecular complexity index is 824. The lowest BCUT2D eigenvalue weighted by atomic mass is 9.93. The molecular formula is C25H33ClFN3O. The Labute approximate surface area is 190 Å². The highest BCUT2D eigenvalue weighted by atomic mass is 35.5. The van der Waals surface area contributed by atoms with Crippen LogP contribution in [-0.4, -0.2) is 36.3 Å². The van der Waals surface area contributed by atoms with Crippen molar-refractivity contribution in [3.8, 4) is 0 Å². The molecular weight excluding hydrogens is 413 g/mol. The average molecular weight is 446 g/mol. The second-order valence-electron chi connectivity index (χ2n) is 8.64. The molecule has 0 aromatic heterocycles. The van der Waals surface area contributed by atoms with Gasteiger partial charge in [-0.15, -0.1) is 0 Å². The predicted molar refractivity (Wildman–Crippen MR) is 127 cm³/mol. The molecule has 31 heavy (non-hydrogen) atoms. The van der Waals surface area contributed by atoms with Crippen LogP contribution in [0.2, 0.25) is 5.02 Å². The monoisotopic (exact) mass is 445 g/mol. The maximum Gasteiger partial charge on any atom is 0.230 e. The number of aliphatic imine (C=N–C) groups is 1. The third-order valence-electron chi connectivity index (χ3n) is 6.28. The number of rotatable bonds is 8. The summed E-state index contributed by atoms with van der Waals surface area (Å²) in [6.45, 7) is 9.93. The number of nitrogens with zero attached hydrogens (tertiary/aromatic N) is 3. The summed E-state index contributed by atoms with van der Waals surface area (Å²) < 4.78 is 13.5. The van der Waals surface area contributed by atoms with Gasteiger partial charge in [0.2, 0.25) is 5.91 Å². The van der Waals surface area contributed by atoms with E-state index in [4.69, 9.17) is 11.6 Å². The zero-order valence-electron chi connectivity index (χ0n) is 18.6. The molecule has 6 heteroatoms. The molecule has 2 fully saturated rings. The van der Waals surface area contributed by atoms with Gasteiger partial charge in [-0.25, -0.2) is 9.38 Å². The second-order valence-corrected chi connectivity index (χ2v) is 9.08. The number of halogens is 2. The number of amidine groups is 1. The maximum atomic E-state index is 13.5. The third kappa shape index (κ3) is 6.42. The number of benzene rings is 1. The van der Waals surface area contributed by atoms with E-state index in [0.29, 0.717) is 10.9 Å². The minimum atomic E-state index is -0.440. The van der Waals surface area contributed by atoms with Crippen molar-refractivity contribution in [2.24, 2.45) is 22.7 Å². The van der Waals surface area contributed by atoms with Crippen molar-refractivity contribution in [1.82, 2.24) is 4.90 Å². The van der Waals surface area contributed by atoms with E-state index < -0.39 is 5.83 Å². The predicted octanol–water partition coefficient (Wildman–Crippen LogP) is 6.24. The molecule has 1 aromatic carbocycles. The molecule has 0 radical (unpaired) electrons. The fraction of sp³-hybridized carbons (Fsp3) is 0.520. The maximum absolute atomic E-state index is 13.5. The van der Waals surface area contributed by atoms with Crippen LogP contribution in [0.1, 0.15) is 46.0 Å². The molecule has 1 saturated carbocycles. The van der Waals surface area contributed by atoms with Gasteiger partial charge in [0.05, 0.1) is 6.20 Å². The van der Waals surface area contributed by atoms with Gasteiger partial charge < -0.3 is 9.80 Å². The largest absolute Gasteiger partial charge is 0.360 e. The SMILES string of the molecule is C=C/C(F)=C\N=C(C(C)CC)N1CCC(C(=O)N(CC2CC2)c2ccc(Cl)cc2)CC1. The van der Waals surface area contributed by atoms with Crippen molar-refractivity contribution in [3.63, 3.8) is 0 Å². The van der Waals surface area contributed by atoms with E-state index in [1.165, 1.54) is 19.0 Å². The molecule has 168 valence electrons. The van der Waals surface area contributed by atoms with Crippen LogP contribution in [0, 0.1) is 17.8 Å². The quantitative estimate of drug-likeness (QED) is 0.270. The Balaban J connectivity index is 1.69. The van der Waals surface area contributed by atoms with Crippen LogP contribution in [0.15, 0.2) is 53.9 Å². The summed E-state index contributed by atoms with van der Waals surface area (Å²) in [5.41, 5.74) is 0.927. The Hall–Kier alpha value is -2.14. The van der Waals surface area contributed by atoms with Crippen molar-refractivity contribution in [2.45, 2.75) is 46.0 Å². The highest BCUT2D eigenvalue weighted by molar-refractivity contribution is 6.30. The van der Waals surface area contributed by atoms with Crippen molar-refractivity contribution in [2.75, 3.05) is 24.5 Å². The van der Waals surface area contributed by atoms with Crippen LogP contribution in [0.5, 0.6) is 0 Å². The molecule has 1 atom stereocenters. The molecule has 1 aliphatic carbocycles. The highest BCUT2D eigenvalue weighted by Crippen LogP contribution is 2.33. The summed E-state index contributed by atoms with van der Waals surface area (Å²) in [4.78, 5) is 22.0. The van der Waals surface area contributed by atoms with Gasteiger partial charge in [-0.3, -0.25) is 4.79 Å². The van der Waals surface area contributed by atoms with E-state index in [-0.39, 0.29) is 17.7 Å². The number of piperidine rings is 1. The van der Waals surface area contributed by atoms with Crippen LogP contribution in [0.25, 0.3) is 0 Å². The number of carbonyl (C=O) groups excluding carboxylic acids is 1. The Morgan fingerprint density at radius 2 is 1.94 bits per heavy atom. The second kappa shape index (κ2) is 10.9. The van der Waals surface area contributed by atoms with Crippen molar-refractivity contribution < 1.29 is 9.18 Å². The lowest BCUT2D eigenvalue weighted by Gasteiger charge is -2.37. The minimum absolute atomic E-state index is 0.00989. The van der Waals surface area contributed by atoms with Crippen LogP contribution >= 0.6 is 11.6 Å². The molecule has 0 N–H and O–H groups in total. The molecule has 1 unspecified atom stereocenters. The van der Waals surface area contributed by atoms with Gasteiger partial charge in [-0.05, 0) is 68.4 Å². The molecule has 1 aliphatic heterocycles.